The molecule has 114 valence electrons. The van der Waals surface area contributed by atoms with Crippen molar-refractivity contribution < 1.29 is 14.3 Å². The van der Waals surface area contributed by atoms with E-state index in [1.54, 1.807) is 0 Å². The van der Waals surface area contributed by atoms with Crippen LogP contribution in [0.4, 0.5) is 4.79 Å². The van der Waals surface area contributed by atoms with E-state index in [0.717, 1.165) is 12.8 Å². The van der Waals surface area contributed by atoms with Crippen LogP contribution in [0.2, 0.25) is 0 Å². The molecule has 0 aromatic carbocycles. The molecule has 0 spiro atoms. The van der Waals surface area contributed by atoms with Gasteiger partial charge in [0.2, 0.25) is 5.91 Å². The summed E-state index contributed by atoms with van der Waals surface area (Å²) in [7, 11) is 1.89. The van der Waals surface area contributed by atoms with Gasteiger partial charge in [-0.2, -0.15) is 0 Å². The number of alkyl carbamates (subject to hydrolysis) is 1. The zero-order valence-corrected chi connectivity index (χ0v) is 12.9. The van der Waals surface area contributed by atoms with E-state index in [1.165, 1.54) is 0 Å². The highest BCUT2D eigenvalue weighted by molar-refractivity contribution is 5.80. The van der Waals surface area contributed by atoms with Crippen LogP contribution in [-0.2, 0) is 9.53 Å². The van der Waals surface area contributed by atoms with Gasteiger partial charge < -0.3 is 15.0 Å². The molecule has 1 heterocycles. The van der Waals surface area contributed by atoms with Gasteiger partial charge >= 0.3 is 6.09 Å². The maximum absolute atomic E-state index is 12.5. The van der Waals surface area contributed by atoms with E-state index < -0.39 is 6.09 Å². The lowest BCUT2D eigenvalue weighted by Gasteiger charge is -2.47. The molecular formula is C15H26N2O3. The zero-order chi connectivity index (χ0) is 14.9. The summed E-state index contributed by atoms with van der Waals surface area (Å²) in [5.74, 6) is 0.674. The normalized spacial score (nSPS) is 30.6. The van der Waals surface area contributed by atoms with Gasteiger partial charge in [-0.25, -0.2) is 4.79 Å². The first-order chi connectivity index (χ1) is 9.29. The average molecular weight is 282 g/mol. The zero-order valence-electron chi connectivity index (χ0n) is 12.9. The summed E-state index contributed by atoms with van der Waals surface area (Å²) >= 11 is 0. The molecule has 1 N–H and O–H groups in total. The lowest BCUT2D eigenvalue weighted by atomic mass is 9.65. The number of ether oxygens (including phenoxy) is 1. The Morgan fingerprint density at radius 1 is 1.35 bits per heavy atom. The topological polar surface area (TPSA) is 58.6 Å². The Morgan fingerprint density at radius 3 is 2.60 bits per heavy atom. The molecule has 0 aromatic heterocycles. The van der Waals surface area contributed by atoms with Gasteiger partial charge in [0.05, 0.1) is 12.5 Å². The van der Waals surface area contributed by atoms with Crippen molar-refractivity contribution in [1.82, 2.24) is 10.2 Å². The van der Waals surface area contributed by atoms with E-state index in [9.17, 15) is 9.59 Å². The summed E-state index contributed by atoms with van der Waals surface area (Å²) in [4.78, 5) is 25.5. The standard InChI is InChI=1S/C15H26N2O3/c1-15(2,3)11-7-12(8-11)17(4)13(18)10-5-6-20-14(19)16-9-10/h10-12H,5-9H2,1-4H3,(H,16,19)/t10-,11?,12?/m1/s1. The highest BCUT2D eigenvalue weighted by Gasteiger charge is 2.41. The van der Waals surface area contributed by atoms with Gasteiger partial charge in [-0.1, -0.05) is 20.8 Å². The molecular weight excluding hydrogens is 256 g/mol. The molecule has 5 nitrogen and oxygen atoms in total. The Balaban J connectivity index is 1.85. The number of carbonyl (C=O) groups excluding carboxylic acids is 2. The third kappa shape index (κ3) is 3.25. The predicted molar refractivity (Wildman–Crippen MR) is 76.2 cm³/mol. The average Bonchev–Trinajstić information content (AvgIpc) is 2.49. The predicted octanol–water partition coefficient (Wildman–Crippen LogP) is 2.02. The molecule has 0 bridgehead atoms. The summed E-state index contributed by atoms with van der Waals surface area (Å²) in [6, 6.07) is 0.353. The van der Waals surface area contributed by atoms with Crippen molar-refractivity contribution in [3.63, 3.8) is 0 Å². The quantitative estimate of drug-likeness (QED) is 0.843. The first-order valence-electron chi connectivity index (χ1n) is 7.46. The van der Waals surface area contributed by atoms with Crippen molar-refractivity contribution in [2.45, 2.75) is 46.1 Å². The number of hydrogen-bond donors (Lipinski definition) is 1. The van der Waals surface area contributed by atoms with Gasteiger partial charge in [-0.15, -0.1) is 0 Å². The van der Waals surface area contributed by atoms with Gasteiger partial charge in [0, 0.05) is 19.6 Å². The third-order valence-electron chi connectivity index (χ3n) is 4.77. The van der Waals surface area contributed by atoms with Gasteiger partial charge in [-0.05, 0) is 30.6 Å². The smallest absolute Gasteiger partial charge is 0.407 e. The monoisotopic (exact) mass is 282 g/mol. The lowest BCUT2D eigenvalue weighted by molar-refractivity contribution is -0.140. The molecule has 0 aromatic rings. The Morgan fingerprint density at radius 2 is 2.00 bits per heavy atom. The van der Waals surface area contributed by atoms with E-state index in [2.05, 4.69) is 26.1 Å². The molecule has 5 heteroatoms. The third-order valence-corrected chi connectivity index (χ3v) is 4.77. The maximum Gasteiger partial charge on any atom is 0.407 e. The van der Waals surface area contributed by atoms with Crippen LogP contribution >= 0.6 is 0 Å². The number of nitrogens with one attached hydrogen (secondary N) is 1. The van der Waals surface area contributed by atoms with Crippen LogP contribution in [0.3, 0.4) is 0 Å². The summed E-state index contributed by atoms with van der Waals surface area (Å²) < 4.78 is 4.90. The van der Waals surface area contributed by atoms with E-state index in [4.69, 9.17) is 4.74 Å². The first kappa shape index (κ1) is 15.1. The van der Waals surface area contributed by atoms with Gasteiger partial charge in [0.1, 0.15) is 0 Å². The number of amides is 2. The van der Waals surface area contributed by atoms with Gasteiger partial charge in [0.15, 0.2) is 0 Å². The van der Waals surface area contributed by atoms with E-state index in [1.807, 2.05) is 11.9 Å². The molecule has 2 amide bonds. The summed E-state index contributed by atoms with van der Waals surface area (Å²) in [6.07, 6.45) is 2.36. The van der Waals surface area contributed by atoms with Crippen molar-refractivity contribution in [3.8, 4) is 0 Å². The van der Waals surface area contributed by atoms with Crippen LogP contribution in [0.1, 0.15) is 40.0 Å². The Hall–Kier alpha value is -1.26. The van der Waals surface area contributed by atoms with Crippen molar-refractivity contribution in [2.75, 3.05) is 20.2 Å². The maximum atomic E-state index is 12.5. The Kier molecular flexibility index (Phi) is 4.25. The number of cyclic esters (lactones) is 1. The van der Waals surface area contributed by atoms with Gasteiger partial charge in [-0.3, -0.25) is 4.79 Å². The molecule has 1 aliphatic carbocycles. The number of hydrogen-bond acceptors (Lipinski definition) is 3. The Labute approximate surface area is 121 Å². The fourth-order valence-corrected chi connectivity index (χ4v) is 2.94. The molecule has 2 fully saturated rings. The fraction of sp³-hybridized carbons (Fsp3) is 0.867. The van der Waals surface area contributed by atoms with E-state index >= 15 is 0 Å². The number of carbonyl (C=O) groups is 2. The van der Waals surface area contributed by atoms with Crippen LogP contribution in [0.5, 0.6) is 0 Å². The molecule has 2 rings (SSSR count). The minimum absolute atomic E-state index is 0.133. The van der Waals surface area contributed by atoms with Crippen molar-refractivity contribution in [1.29, 1.82) is 0 Å². The fourth-order valence-electron chi connectivity index (χ4n) is 2.94. The largest absolute Gasteiger partial charge is 0.450 e. The minimum Gasteiger partial charge on any atom is -0.450 e. The highest BCUT2D eigenvalue weighted by atomic mass is 16.5. The molecule has 1 atom stereocenters. The second-order valence-corrected chi connectivity index (χ2v) is 7.14. The van der Waals surface area contributed by atoms with Crippen molar-refractivity contribution in [3.05, 3.63) is 0 Å². The summed E-state index contributed by atoms with van der Waals surface area (Å²) in [5.41, 5.74) is 0.324. The van der Waals surface area contributed by atoms with Crippen LogP contribution in [0.25, 0.3) is 0 Å². The second-order valence-electron chi connectivity index (χ2n) is 7.14. The van der Waals surface area contributed by atoms with Crippen LogP contribution in [0.15, 0.2) is 0 Å². The van der Waals surface area contributed by atoms with E-state index in [-0.39, 0.29) is 11.8 Å². The second kappa shape index (κ2) is 5.62. The molecule has 0 radical (unpaired) electrons. The van der Waals surface area contributed by atoms with Crippen molar-refractivity contribution >= 4 is 12.0 Å². The SMILES string of the molecule is CN(C(=O)[C@@H]1CCOC(=O)NC1)C1CC(C(C)(C)C)C1. The van der Waals surface area contributed by atoms with Crippen LogP contribution in [0, 0.1) is 17.3 Å². The molecule has 1 saturated heterocycles. The lowest BCUT2D eigenvalue weighted by Crippen LogP contribution is -2.51. The molecule has 2 aliphatic rings. The van der Waals surface area contributed by atoms with Gasteiger partial charge in [0.25, 0.3) is 0 Å². The van der Waals surface area contributed by atoms with Crippen LogP contribution < -0.4 is 5.32 Å². The van der Waals surface area contributed by atoms with E-state index in [0.29, 0.717) is 36.9 Å². The summed E-state index contributed by atoms with van der Waals surface area (Å²) in [6.45, 7) is 7.48. The molecule has 1 aliphatic heterocycles. The minimum atomic E-state index is -0.417. The highest BCUT2D eigenvalue weighted by Crippen LogP contribution is 2.43. The van der Waals surface area contributed by atoms with Crippen LogP contribution in [-0.4, -0.2) is 43.1 Å². The van der Waals surface area contributed by atoms with Crippen molar-refractivity contribution in [2.24, 2.45) is 17.3 Å². The number of rotatable bonds is 2. The molecule has 20 heavy (non-hydrogen) atoms. The first-order valence-corrected chi connectivity index (χ1v) is 7.46. The summed E-state index contributed by atoms with van der Waals surface area (Å²) in [5, 5.41) is 2.63. The molecule has 0 unspecified atom stereocenters. The molecule has 1 saturated carbocycles. The Bertz CT molecular complexity index is 383. The number of nitrogens with zero attached hydrogens (tertiary/aromatic N) is 1.